The smallest absolute Gasteiger partial charge is 0.253 e. The number of morpholine rings is 1. The number of carbonyl (C=O) groups excluding carboxylic acids is 1. The van der Waals surface area contributed by atoms with E-state index in [0.29, 0.717) is 39.1 Å². The number of ether oxygens (including phenoxy) is 1. The van der Waals surface area contributed by atoms with Crippen LogP contribution in [0.2, 0.25) is 0 Å². The van der Waals surface area contributed by atoms with Gasteiger partial charge in [-0.1, -0.05) is 0 Å². The Labute approximate surface area is 140 Å². The van der Waals surface area contributed by atoms with E-state index < -0.39 is 21.5 Å². The highest BCUT2D eigenvalue weighted by Crippen LogP contribution is 2.35. The molecule has 1 saturated heterocycles. The molecule has 2 fully saturated rings. The number of primary sulfonamides is 1. The van der Waals surface area contributed by atoms with E-state index in [1.807, 2.05) is 11.0 Å². The van der Waals surface area contributed by atoms with Gasteiger partial charge in [0.25, 0.3) is 5.91 Å². The van der Waals surface area contributed by atoms with Crippen molar-refractivity contribution < 1.29 is 17.9 Å². The van der Waals surface area contributed by atoms with Crippen molar-refractivity contribution in [3.05, 3.63) is 23.8 Å². The zero-order chi connectivity index (χ0) is 17.4. The Morgan fingerprint density at radius 2 is 2.00 bits per heavy atom. The van der Waals surface area contributed by atoms with E-state index in [-0.39, 0.29) is 10.5 Å². The van der Waals surface area contributed by atoms with Crippen LogP contribution in [-0.2, 0) is 14.8 Å². The minimum absolute atomic E-state index is 0.0389. The van der Waals surface area contributed by atoms with Crippen LogP contribution in [-0.4, -0.2) is 46.2 Å². The number of benzene rings is 1. The lowest BCUT2D eigenvalue weighted by atomic mass is 10.1. The van der Waals surface area contributed by atoms with E-state index in [1.165, 1.54) is 12.1 Å². The molecule has 0 radical (unpaired) electrons. The maximum atomic E-state index is 12.5. The zero-order valence-corrected chi connectivity index (χ0v) is 13.8. The van der Waals surface area contributed by atoms with Crippen LogP contribution >= 0.6 is 0 Å². The highest BCUT2D eigenvalue weighted by atomic mass is 32.2. The van der Waals surface area contributed by atoms with Gasteiger partial charge in [-0.25, -0.2) is 13.6 Å². The van der Waals surface area contributed by atoms with Gasteiger partial charge in [0, 0.05) is 18.8 Å². The van der Waals surface area contributed by atoms with Crippen LogP contribution in [0.3, 0.4) is 0 Å². The van der Waals surface area contributed by atoms with Crippen molar-refractivity contribution in [3.8, 4) is 6.07 Å². The van der Waals surface area contributed by atoms with E-state index in [1.54, 1.807) is 6.07 Å². The van der Waals surface area contributed by atoms with E-state index in [4.69, 9.17) is 15.1 Å². The first-order valence-corrected chi connectivity index (χ1v) is 9.13. The number of nitrogens with two attached hydrogens (primary N) is 1. The fraction of sp³-hybridized carbons (Fsp3) is 0.467. The molecule has 1 aliphatic heterocycles. The summed E-state index contributed by atoms with van der Waals surface area (Å²) < 4.78 is 28.9. The molecule has 3 N–H and O–H groups in total. The van der Waals surface area contributed by atoms with Crippen molar-refractivity contribution in [2.24, 2.45) is 5.14 Å². The molecule has 2 aliphatic rings. The van der Waals surface area contributed by atoms with Crippen LogP contribution < -0.4 is 15.4 Å². The molecule has 0 bridgehead atoms. The first-order valence-electron chi connectivity index (χ1n) is 7.58. The second-order valence-corrected chi connectivity index (χ2v) is 7.50. The minimum atomic E-state index is -4.05. The van der Waals surface area contributed by atoms with Crippen LogP contribution in [0.15, 0.2) is 23.1 Å². The van der Waals surface area contributed by atoms with Gasteiger partial charge < -0.3 is 15.0 Å². The number of nitrogens with zero attached hydrogens (tertiary/aromatic N) is 2. The Balaban J connectivity index is 1.96. The van der Waals surface area contributed by atoms with Crippen molar-refractivity contribution in [2.45, 2.75) is 23.3 Å². The van der Waals surface area contributed by atoms with E-state index in [9.17, 15) is 13.2 Å². The lowest BCUT2D eigenvalue weighted by molar-refractivity contribution is 0.0938. The molecule has 1 amide bonds. The van der Waals surface area contributed by atoms with E-state index >= 15 is 0 Å². The van der Waals surface area contributed by atoms with Crippen LogP contribution in [0.1, 0.15) is 23.2 Å². The van der Waals surface area contributed by atoms with Gasteiger partial charge in [-0.3, -0.25) is 4.79 Å². The largest absolute Gasteiger partial charge is 0.378 e. The first-order chi connectivity index (χ1) is 11.3. The topological polar surface area (TPSA) is 126 Å². The number of hydrogen-bond donors (Lipinski definition) is 2. The Morgan fingerprint density at radius 3 is 2.54 bits per heavy atom. The van der Waals surface area contributed by atoms with E-state index in [2.05, 4.69) is 5.32 Å². The maximum Gasteiger partial charge on any atom is 0.253 e. The third kappa shape index (κ3) is 3.36. The summed E-state index contributed by atoms with van der Waals surface area (Å²) in [6.45, 7) is 2.43. The summed E-state index contributed by atoms with van der Waals surface area (Å²) in [4.78, 5) is 14.3. The minimum Gasteiger partial charge on any atom is -0.378 e. The molecule has 128 valence electrons. The van der Waals surface area contributed by atoms with E-state index in [0.717, 1.165) is 5.69 Å². The lowest BCUT2D eigenvalue weighted by Gasteiger charge is -2.29. The molecule has 0 aromatic heterocycles. The lowest BCUT2D eigenvalue weighted by Crippen LogP contribution is -2.38. The van der Waals surface area contributed by atoms with Crippen LogP contribution in [0.25, 0.3) is 0 Å². The highest BCUT2D eigenvalue weighted by molar-refractivity contribution is 7.89. The zero-order valence-electron chi connectivity index (χ0n) is 13.0. The molecular weight excluding hydrogens is 332 g/mol. The van der Waals surface area contributed by atoms with Gasteiger partial charge in [0.1, 0.15) is 5.54 Å². The maximum absolute atomic E-state index is 12.5. The molecule has 24 heavy (non-hydrogen) atoms. The Hall–Kier alpha value is -2.15. The molecule has 9 heteroatoms. The number of anilines is 1. The molecule has 1 saturated carbocycles. The summed E-state index contributed by atoms with van der Waals surface area (Å²) >= 11 is 0. The predicted octanol–water partition coefficient (Wildman–Crippen LogP) is -0.0434. The number of nitriles is 1. The Kier molecular flexibility index (Phi) is 4.21. The number of rotatable bonds is 4. The van der Waals surface area contributed by atoms with Crippen molar-refractivity contribution in [2.75, 3.05) is 31.2 Å². The van der Waals surface area contributed by atoms with Gasteiger partial charge in [0.05, 0.1) is 29.7 Å². The normalized spacial score (nSPS) is 19.4. The van der Waals surface area contributed by atoms with Crippen molar-refractivity contribution in [1.29, 1.82) is 5.26 Å². The van der Waals surface area contributed by atoms with Gasteiger partial charge >= 0.3 is 0 Å². The Morgan fingerprint density at radius 1 is 1.33 bits per heavy atom. The molecule has 8 nitrogen and oxygen atoms in total. The molecule has 3 rings (SSSR count). The van der Waals surface area contributed by atoms with Crippen LogP contribution in [0.4, 0.5) is 5.69 Å². The molecule has 1 aromatic rings. The first kappa shape index (κ1) is 16.7. The summed E-state index contributed by atoms with van der Waals surface area (Å²) in [6, 6.07) is 6.52. The Bertz CT molecular complexity index is 805. The van der Waals surface area contributed by atoms with Crippen molar-refractivity contribution >= 4 is 21.6 Å². The molecule has 1 aliphatic carbocycles. The predicted molar refractivity (Wildman–Crippen MR) is 85.9 cm³/mol. The van der Waals surface area contributed by atoms with Gasteiger partial charge in [-0.2, -0.15) is 5.26 Å². The number of sulfonamides is 1. The van der Waals surface area contributed by atoms with Gasteiger partial charge in [-0.05, 0) is 31.0 Å². The van der Waals surface area contributed by atoms with Gasteiger partial charge in [0.15, 0.2) is 0 Å². The molecule has 0 unspecified atom stereocenters. The summed E-state index contributed by atoms with van der Waals surface area (Å²) in [7, 11) is -4.05. The van der Waals surface area contributed by atoms with Crippen LogP contribution in [0, 0.1) is 11.3 Å². The number of hydrogen-bond acceptors (Lipinski definition) is 6. The van der Waals surface area contributed by atoms with Crippen LogP contribution in [0.5, 0.6) is 0 Å². The highest BCUT2D eigenvalue weighted by Gasteiger charge is 2.45. The van der Waals surface area contributed by atoms with Gasteiger partial charge in [0.2, 0.25) is 10.0 Å². The summed E-state index contributed by atoms with van der Waals surface area (Å²) in [5.74, 6) is -0.604. The average Bonchev–Trinajstić information content (AvgIpc) is 3.34. The fourth-order valence-corrected chi connectivity index (χ4v) is 3.35. The van der Waals surface area contributed by atoms with Gasteiger partial charge in [-0.15, -0.1) is 0 Å². The second-order valence-electron chi connectivity index (χ2n) is 5.97. The monoisotopic (exact) mass is 350 g/mol. The molecule has 0 spiro atoms. The number of nitrogens with one attached hydrogen (secondary N) is 1. The standard InChI is InChI=1S/C15H18N4O4S/c16-10-15(3-4-15)18-14(20)12-9-11(19-5-7-23-8-6-19)1-2-13(12)24(17,21)22/h1-2,9H,3-8H2,(H,18,20)(H2,17,21,22). The SMILES string of the molecule is N#CC1(NC(=O)c2cc(N3CCOCC3)ccc2S(N)(=O)=O)CC1. The fourth-order valence-electron chi connectivity index (χ4n) is 2.64. The summed E-state index contributed by atoms with van der Waals surface area (Å²) in [6.07, 6.45) is 1.12. The van der Waals surface area contributed by atoms with Crippen molar-refractivity contribution in [1.82, 2.24) is 5.32 Å². The number of carbonyl (C=O) groups is 1. The molecule has 0 atom stereocenters. The summed E-state index contributed by atoms with van der Waals surface area (Å²) in [5.41, 5.74) is -0.206. The second kappa shape index (κ2) is 6.05. The summed E-state index contributed by atoms with van der Waals surface area (Å²) in [5, 5.41) is 17.0. The molecule has 1 heterocycles. The van der Waals surface area contributed by atoms with Crippen molar-refractivity contribution in [3.63, 3.8) is 0 Å². The number of amides is 1. The molecular formula is C15H18N4O4S. The average molecular weight is 350 g/mol. The third-order valence-corrected chi connectivity index (χ3v) is 5.18. The third-order valence-electron chi connectivity index (χ3n) is 4.21. The molecule has 1 aromatic carbocycles. The quantitative estimate of drug-likeness (QED) is 0.784.